The Labute approximate surface area is 103 Å². The van der Waals surface area contributed by atoms with Crippen molar-refractivity contribution < 1.29 is 13.5 Å². The molecule has 2 rings (SSSR count). The van der Waals surface area contributed by atoms with Crippen molar-refractivity contribution in [3.63, 3.8) is 0 Å². The summed E-state index contributed by atoms with van der Waals surface area (Å²) < 4.78 is 31.5. The molecule has 1 heterocycles. The summed E-state index contributed by atoms with van der Waals surface area (Å²) in [5, 5.41) is 2.96. The minimum absolute atomic E-state index is 0.121. The Bertz CT molecular complexity index is 526. The van der Waals surface area contributed by atoms with Gasteiger partial charge in [-0.1, -0.05) is 0 Å². The van der Waals surface area contributed by atoms with Gasteiger partial charge in [-0.05, 0) is 13.1 Å². The van der Waals surface area contributed by atoms with Crippen LogP contribution in [0, 0.1) is 11.6 Å². The second-order valence-electron chi connectivity index (χ2n) is 3.72. The third kappa shape index (κ3) is 3.01. The van der Waals surface area contributed by atoms with E-state index in [-0.39, 0.29) is 5.75 Å². The van der Waals surface area contributed by atoms with E-state index < -0.39 is 11.6 Å². The zero-order valence-electron chi connectivity index (χ0n) is 9.78. The van der Waals surface area contributed by atoms with Crippen LogP contribution in [0.1, 0.15) is 5.56 Å². The number of ether oxygens (including phenoxy) is 1. The SMILES string of the molecule is CNCc1cnccc1Oc1cc(F)cc(F)c1. The van der Waals surface area contributed by atoms with E-state index in [1.165, 1.54) is 0 Å². The van der Waals surface area contributed by atoms with E-state index in [4.69, 9.17) is 4.74 Å². The van der Waals surface area contributed by atoms with Crippen LogP contribution in [0.2, 0.25) is 0 Å². The molecule has 1 aromatic heterocycles. The summed E-state index contributed by atoms with van der Waals surface area (Å²) in [4.78, 5) is 3.97. The lowest BCUT2D eigenvalue weighted by molar-refractivity contribution is 0.460. The summed E-state index contributed by atoms with van der Waals surface area (Å²) in [5.41, 5.74) is 0.810. The second-order valence-corrected chi connectivity index (χ2v) is 3.72. The van der Waals surface area contributed by atoms with Crippen LogP contribution >= 0.6 is 0 Å². The summed E-state index contributed by atoms with van der Waals surface area (Å²) in [6, 6.07) is 4.71. The Balaban J connectivity index is 2.27. The highest BCUT2D eigenvalue weighted by Gasteiger charge is 2.06. The van der Waals surface area contributed by atoms with E-state index in [0.717, 1.165) is 23.8 Å². The normalized spacial score (nSPS) is 10.4. The third-order valence-corrected chi connectivity index (χ3v) is 2.29. The van der Waals surface area contributed by atoms with Gasteiger partial charge in [-0.15, -0.1) is 0 Å². The van der Waals surface area contributed by atoms with Crippen molar-refractivity contribution in [2.45, 2.75) is 6.54 Å². The molecule has 0 amide bonds. The maximum atomic E-state index is 13.0. The number of hydrogen-bond donors (Lipinski definition) is 1. The fourth-order valence-corrected chi connectivity index (χ4v) is 1.55. The van der Waals surface area contributed by atoms with E-state index in [0.29, 0.717) is 12.3 Å². The number of halogens is 2. The quantitative estimate of drug-likeness (QED) is 0.906. The lowest BCUT2D eigenvalue weighted by atomic mass is 10.2. The summed E-state index contributed by atoms with van der Waals surface area (Å²) in [7, 11) is 1.79. The topological polar surface area (TPSA) is 34.2 Å². The molecule has 0 unspecified atom stereocenters. The molecule has 5 heteroatoms. The van der Waals surface area contributed by atoms with Gasteiger partial charge in [0.25, 0.3) is 0 Å². The third-order valence-electron chi connectivity index (χ3n) is 2.29. The number of rotatable bonds is 4. The first kappa shape index (κ1) is 12.4. The van der Waals surface area contributed by atoms with Gasteiger partial charge in [-0.2, -0.15) is 0 Å². The standard InChI is InChI=1S/C13H12F2N2O/c1-16-7-9-8-17-3-2-13(9)18-12-5-10(14)4-11(15)6-12/h2-6,8,16H,7H2,1H3. The Kier molecular flexibility index (Phi) is 3.84. The number of nitrogens with one attached hydrogen (secondary N) is 1. The smallest absolute Gasteiger partial charge is 0.134 e. The minimum Gasteiger partial charge on any atom is -0.457 e. The van der Waals surface area contributed by atoms with Gasteiger partial charge >= 0.3 is 0 Å². The van der Waals surface area contributed by atoms with E-state index in [1.807, 2.05) is 0 Å². The molecule has 0 aliphatic heterocycles. The summed E-state index contributed by atoms with van der Waals surface area (Å²) in [5.74, 6) is -0.705. The van der Waals surface area contributed by atoms with Gasteiger partial charge < -0.3 is 10.1 Å². The molecule has 2 aromatic rings. The molecule has 1 aromatic carbocycles. The van der Waals surface area contributed by atoms with E-state index in [2.05, 4.69) is 10.3 Å². The molecule has 0 saturated carbocycles. The Morgan fingerprint density at radius 2 is 1.94 bits per heavy atom. The zero-order chi connectivity index (χ0) is 13.0. The minimum atomic E-state index is -0.672. The Hall–Kier alpha value is -2.01. The maximum absolute atomic E-state index is 13.0. The van der Waals surface area contributed by atoms with Crippen LogP contribution < -0.4 is 10.1 Å². The lowest BCUT2D eigenvalue weighted by Gasteiger charge is -2.10. The Morgan fingerprint density at radius 1 is 1.22 bits per heavy atom. The van der Waals surface area contributed by atoms with Crippen molar-refractivity contribution in [1.82, 2.24) is 10.3 Å². The molecule has 18 heavy (non-hydrogen) atoms. The summed E-state index contributed by atoms with van der Waals surface area (Å²) in [6.45, 7) is 0.557. The molecular weight excluding hydrogens is 238 g/mol. The van der Waals surface area contributed by atoms with E-state index in [1.54, 1.807) is 25.5 Å². The van der Waals surface area contributed by atoms with E-state index >= 15 is 0 Å². The fourth-order valence-electron chi connectivity index (χ4n) is 1.55. The first-order chi connectivity index (χ1) is 8.69. The second kappa shape index (κ2) is 5.55. The first-order valence-electron chi connectivity index (χ1n) is 5.40. The first-order valence-corrected chi connectivity index (χ1v) is 5.40. The van der Waals surface area contributed by atoms with Gasteiger partial charge in [-0.3, -0.25) is 4.98 Å². The van der Waals surface area contributed by atoms with E-state index in [9.17, 15) is 8.78 Å². The van der Waals surface area contributed by atoms with Crippen LogP contribution in [-0.2, 0) is 6.54 Å². The van der Waals surface area contributed by atoms with Crippen LogP contribution in [0.25, 0.3) is 0 Å². The van der Waals surface area contributed by atoms with Gasteiger partial charge in [0.05, 0.1) is 0 Å². The number of benzene rings is 1. The largest absolute Gasteiger partial charge is 0.457 e. The lowest BCUT2D eigenvalue weighted by Crippen LogP contribution is -2.06. The molecule has 0 radical (unpaired) electrons. The van der Waals surface area contributed by atoms with Crippen molar-refractivity contribution in [3.8, 4) is 11.5 Å². The summed E-state index contributed by atoms with van der Waals surface area (Å²) >= 11 is 0. The molecule has 0 saturated heterocycles. The van der Waals surface area contributed by atoms with Crippen molar-refractivity contribution in [3.05, 3.63) is 53.9 Å². The highest BCUT2D eigenvalue weighted by Crippen LogP contribution is 2.25. The maximum Gasteiger partial charge on any atom is 0.134 e. The molecule has 0 aliphatic rings. The van der Waals surface area contributed by atoms with Crippen LogP contribution in [0.3, 0.4) is 0 Å². The van der Waals surface area contributed by atoms with Crippen LogP contribution in [0.15, 0.2) is 36.7 Å². The number of nitrogens with zero attached hydrogens (tertiary/aromatic N) is 1. The monoisotopic (exact) mass is 250 g/mol. The molecule has 0 atom stereocenters. The van der Waals surface area contributed by atoms with Gasteiger partial charge in [0.1, 0.15) is 23.1 Å². The van der Waals surface area contributed by atoms with Crippen LogP contribution in [-0.4, -0.2) is 12.0 Å². The Morgan fingerprint density at radius 3 is 2.61 bits per heavy atom. The van der Waals surface area contributed by atoms with Gasteiger partial charge in [0.2, 0.25) is 0 Å². The van der Waals surface area contributed by atoms with Gasteiger partial charge in [0, 0.05) is 42.7 Å². The van der Waals surface area contributed by atoms with Crippen molar-refractivity contribution >= 4 is 0 Å². The average molecular weight is 250 g/mol. The number of hydrogen-bond acceptors (Lipinski definition) is 3. The van der Waals surface area contributed by atoms with Crippen molar-refractivity contribution in [2.75, 3.05) is 7.05 Å². The highest BCUT2D eigenvalue weighted by atomic mass is 19.1. The molecule has 0 fully saturated rings. The number of aromatic nitrogens is 1. The average Bonchev–Trinajstić information content (AvgIpc) is 2.30. The number of pyridine rings is 1. The molecule has 3 nitrogen and oxygen atoms in total. The summed E-state index contributed by atoms with van der Waals surface area (Å²) in [6.07, 6.45) is 3.20. The van der Waals surface area contributed by atoms with Crippen molar-refractivity contribution in [2.24, 2.45) is 0 Å². The molecular formula is C13H12F2N2O. The van der Waals surface area contributed by atoms with Gasteiger partial charge in [-0.25, -0.2) is 8.78 Å². The molecule has 1 N–H and O–H groups in total. The highest BCUT2D eigenvalue weighted by molar-refractivity contribution is 5.36. The van der Waals surface area contributed by atoms with Crippen molar-refractivity contribution in [1.29, 1.82) is 0 Å². The molecule has 0 bridgehead atoms. The molecule has 0 spiro atoms. The molecule has 0 aliphatic carbocycles. The fraction of sp³-hybridized carbons (Fsp3) is 0.154. The zero-order valence-corrected chi connectivity index (χ0v) is 9.78. The molecule has 94 valence electrons. The van der Waals surface area contributed by atoms with Crippen LogP contribution in [0.5, 0.6) is 11.5 Å². The van der Waals surface area contributed by atoms with Gasteiger partial charge in [0.15, 0.2) is 0 Å². The van der Waals surface area contributed by atoms with Crippen LogP contribution in [0.4, 0.5) is 8.78 Å². The predicted octanol–water partition coefficient (Wildman–Crippen LogP) is 2.87. The predicted molar refractivity (Wildman–Crippen MR) is 63.4 cm³/mol.